The molecule has 1 atom stereocenters. The molecule has 0 aliphatic heterocycles. The lowest BCUT2D eigenvalue weighted by Crippen LogP contribution is -2.24. The maximum atomic E-state index is 9.44. The van der Waals surface area contributed by atoms with Gasteiger partial charge in [-0.15, -0.1) is 0 Å². The number of rotatable bonds is 6. The van der Waals surface area contributed by atoms with Crippen LogP contribution in [0.25, 0.3) is 0 Å². The molecule has 1 rings (SSSR count). The Bertz CT molecular complexity index is 334. The van der Waals surface area contributed by atoms with Crippen molar-refractivity contribution in [2.75, 3.05) is 31.0 Å². The molecular weight excluding hydrogens is 210 g/mol. The molecule has 0 aliphatic rings. The minimum absolute atomic E-state index is 0.277. The highest BCUT2D eigenvalue weighted by molar-refractivity contribution is 5.41. The Morgan fingerprint density at radius 1 is 1.56 bits per heavy atom. The van der Waals surface area contributed by atoms with E-state index in [0.29, 0.717) is 18.3 Å². The number of hydrogen-bond acceptors (Lipinski definition) is 7. The van der Waals surface area contributed by atoms with Crippen LogP contribution in [0.4, 0.5) is 11.8 Å². The van der Waals surface area contributed by atoms with Crippen molar-refractivity contribution in [3.8, 4) is 0 Å². The lowest BCUT2D eigenvalue weighted by Gasteiger charge is -2.12. The van der Waals surface area contributed by atoms with Crippen LogP contribution in [0, 0.1) is 6.92 Å². The summed E-state index contributed by atoms with van der Waals surface area (Å²) in [4.78, 5) is 8.12. The molecule has 1 heterocycles. The summed E-state index contributed by atoms with van der Waals surface area (Å²) < 4.78 is 4.81. The van der Waals surface area contributed by atoms with Crippen molar-refractivity contribution in [2.24, 2.45) is 5.84 Å². The van der Waals surface area contributed by atoms with E-state index in [-0.39, 0.29) is 6.61 Å². The highest BCUT2D eigenvalue weighted by Crippen LogP contribution is 2.08. The van der Waals surface area contributed by atoms with Crippen molar-refractivity contribution in [3.63, 3.8) is 0 Å². The number of anilines is 2. The molecule has 0 bridgehead atoms. The van der Waals surface area contributed by atoms with Gasteiger partial charge in [-0.05, 0) is 6.92 Å². The van der Waals surface area contributed by atoms with E-state index in [1.54, 1.807) is 6.07 Å². The summed E-state index contributed by atoms with van der Waals surface area (Å²) >= 11 is 0. The van der Waals surface area contributed by atoms with E-state index in [2.05, 4.69) is 20.7 Å². The first-order valence-electron chi connectivity index (χ1n) is 4.89. The van der Waals surface area contributed by atoms with Crippen molar-refractivity contribution in [1.82, 2.24) is 9.97 Å². The number of ether oxygens (including phenoxy) is 1. The maximum absolute atomic E-state index is 9.44. The summed E-state index contributed by atoms with van der Waals surface area (Å²) in [6.07, 6.45) is -0.574. The van der Waals surface area contributed by atoms with Crippen LogP contribution in [0.15, 0.2) is 6.07 Å². The number of aryl methyl sites for hydroxylation is 1. The number of hydrogen-bond donors (Lipinski definition) is 4. The Hall–Kier alpha value is -1.44. The van der Waals surface area contributed by atoms with Crippen LogP contribution in [0.5, 0.6) is 0 Å². The zero-order valence-corrected chi connectivity index (χ0v) is 9.40. The Balaban J connectivity index is 2.56. The summed E-state index contributed by atoms with van der Waals surface area (Å²) in [6.45, 7) is 2.46. The molecule has 5 N–H and O–H groups in total. The lowest BCUT2D eigenvalue weighted by molar-refractivity contribution is 0.0727. The minimum atomic E-state index is -0.574. The van der Waals surface area contributed by atoms with E-state index in [4.69, 9.17) is 10.6 Å². The van der Waals surface area contributed by atoms with E-state index >= 15 is 0 Å². The summed E-state index contributed by atoms with van der Waals surface area (Å²) in [7, 11) is 1.54. The van der Waals surface area contributed by atoms with E-state index in [1.807, 2.05) is 6.92 Å². The standard InChI is InChI=1S/C9H17N5O2/c1-6-3-8(13-9(12-6)14-10)11-4-7(15)5-16-2/h3,7,15H,4-5,10H2,1-2H3,(H2,11,12,13,14). The van der Waals surface area contributed by atoms with Crippen molar-refractivity contribution >= 4 is 11.8 Å². The van der Waals surface area contributed by atoms with Gasteiger partial charge in [0.1, 0.15) is 5.82 Å². The van der Waals surface area contributed by atoms with Gasteiger partial charge in [-0.3, -0.25) is 5.43 Å². The molecule has 0 amide bonds. The molecule has 1 unspecified atom stereocenters. The Labute approximate surface area is 94.0 Å². The molecule has 0 fully saturated rings. The minimum Gasteiger partial charge on any atom is -0.389 e. The predicted molar refractivity (Wildman–Crippen MR) is 61.0 cm³/mol. The molecule has 90 valence electrons. The van der Waals surface area contributed by atoms with Crippen LogP contribution in [0.2, 0.25) is 0 Å². The molecule has 0 spiro atoms. The summed E-state index contributed by atoms with van der Waals surface area (Å²) in [6, 6.07) is 1.76. The first-order valence-corrected chi connectivity index (χ1v) is 4.89. The number of aromatic nitrogens is 2. The normalized spacial score (nSPS) is 12.2. The molecule has 0 aliphatic carbocycles. The fraction of sp³-hybridized carbons (Fsp3) is 0.556. The third-order valence-corrected chi connectivity index (χ3v) is 1.86. The van der Waals surface area contributed by atoms with E-state index in [0.717, 1.165) is 5.69 Å². The van der Waals surface area contributed by atoms with E-state index in [1.165, 1.54) is 7.11 Å². The van der Waals surface area contributed by atoms with Gasteiger partial charge in [0, 0.05) is 25.4 Å². The number of methoxy groups -OCH3 is 1. The first kappa shape index (κ1) is 12.6. The Morgan fingerprint density at radius 3 is 2.94 bits per heavy atom. The van der Waals surface area contributed by atoms with Gasteiger partial charge in [-0.2, -0.15) is 4.98 Å². The van der Waals surface area contributed by atoms with Gasteiger partial charge in [0.05, 0.1) is 12.7 Å². The molecule has 1 aromatic heterocycles. The van der Waals surface area contributed by atoms with Crippen LogP contribution in [0.3, 0.4) is 0 Å². The molecular formula is C9H17N5O2. The summed E-state index contributed by atoms with van der Waals surface area (Å²) in [5.74, 6) is 6.16. The second-order valence-electron chi connectivity index (χ2n) is 3.35. The number of nitrogen functional groups attached to an aromatic ring is 1. The number of hydrazine groups is 1. The molecule has 7 heteroatoms. The second-order valence-corrected chi connectivity index (χ2v) is 3.35. The highest BCUT2D eigenvalue weighted by Gasteiger charge is 2.05. The van der Waals surface area contributed by atoms with Gasteiger partial charge in [-0.25, -0.2) is 10.8 Å². The fourth-order valence-corrected chi connectivity index (χ4v) is 1.20. The third kappa shape index (κ3) is 3.97. The van der Waals surface area contributed by atoms with Crippen molar-refractivity contribution < 1.29 is 9.84 Å². The molecule has 0 saturated carbocycles. The average Bonchev–Trinajstić information content (AvgIpc) is 2.26. The fourth-order valence-electron chi connectivity index (χ4n) is 1.20. The van der Waals surface area contributed by atoms with E-state index in [9.17, 15) is 5.11 Å². The zero-order valence-electron chi connectivity index (χ0n) is 9.40. The maximum Gasteiger partial charge on any atom is 0.239 e. The third-order valence-electron chi connectivity index (χ3n) is 1.86. The molecule has 0 aromatic carbocycles. The Morgan fingerprint density at radius 2 is 2.31 bits per heavy atom. The second kappa shape index (κ2) is 6.21. The number of aliphatic hydroxyl groups is 1. The van der Waals surface area contributed by atoms with Crippen LogP contribution in [-0.4, -0.2) is 41.4 Å². The SMILES string of the molecule is COCC(O)CNc1cc(C)nc(NN)n1. The van der Waals surface area contributed by atoms with Gasteiger partial charge in [-0.1, -0.05) is 0 Å². The van der Waals surface area contributed by atoms with Crippen LogP contribution in [-0.2, 0) is 4.74 Å². The number of nitrogens with zero attached hydrogens (tertiary/aromatic N) is 2. The van der Waals surface area contributed by atoms with Gasteiger partial charge < -0.3 is 15.2 Å². The molecule has 0 saturated heterocycles. The number of nitrogens with one attached hydrogen (secondary N) is 2. The predicted octanol–water partition coefficient (Wildman–Crippen LogP) is -0.510. The van der Waals surface area contributed by atoms with Gasteiger partial charge in [0.25, 0.3) is 0 Å². The van der Waals surface area contributed by atoms with Crippen LogP contribution >= 0.6 is 0 Å². The van der Waals surface area contributed by atoms with Crippen molar-refractivity contribution in [1.29, 1.82) is 0 Å². The average molecular weight is 227 g/mol. The molecule has 1 aromatic rings. The molecule has 16 heavy (non-hydrogen) atoms. The van der Waals surface area contributed by atoms with Gasteiger partial charge in [0.2, 0.25) is 5.95 Å². The zero-order chi connectivity index (χ0) is 12.0. The van der Waals surface area contributed by atoms with Crippen molar-refractivity contribution in [3.05, 3.63) is 11.8 Å². The highest BCUT2D eigenvalue weighted by atomic mass is 16.5. The van der Waals surface area contributed by atoms with Gasteiger partial charge >= 0.3 is 0 Å². The summed E-state index contributed by atoms with van der Waals surface area (Å²) in [5.41, 5.74) is 3.16. The largest absolute Gasteiger partial charge is 0.389 e. The lowest BCUT2D eigenvalue weighted by atomic mass is 10.3. The topological polar surface area (TPSA) is 105 Å². The smallest absolute Gasteiger partial charge is 0.239 e. The molecule has 0 radical (unpaired) electrons. The monoisotopic (exact) mass is 227 g/mol. The molecule has 7 nitrogen and oxygen atoms in total. The van der Waals surface area contributed by atoms with Gasteiger partial charge in [0.15, 0.2) is 0 Å². The number of nitrogens with two attached hydrogens (primary N) is 1. The Kier molecular flexibility index (Phi) is 4.90. The quantitative estimate of drug-likeness (QED) is 0.383. The van der Waals surface area contributed by atoms with E-state index < -0.39 is 6.10 Å². The van der Waals surface area contributed by atoms with Crippen LogP contribution < -0.4 is 16.6 Å². The summed E-state index contributed by atoms with van der Waals surface area (Å²) in [5, 5.41) is 12.4. The van der Waals surface area contributed by atoms with Crippen LogP contribution in [0.1, 0.15) is 5.69 Å². The van der Waals surface area contributed by atoms with Crippen molar-refractivity contribution in [2.45, 2.75) is 13.0 Å². The first-order chi connectivity index (χ1) is 7.65. The number of aliphatic hydroxyl groups excluding tert-OH is 1.